The second-order valence-corrected chi connectivity index (χ2v) is 54.5. The number of fused-ring (bicyclic) bond motifs is 6. The smallest absolute Gasteiger partial charge is 0.439 e. The number of carbonyl (C=O) groups excluding carboxylic acids is 2. The molecular formula is C111H113N7O20P8. The lowest BCUT2D eigenvalue weighted by Gasteiger charge is -2.34. The van der Waals surface area contributed by atoms with E-state index >= 15 is 0 Å². The number of para-hydroxylation sites is 6. The number of hydrogen-bond acceptors (Lipinski definition) is 26. The van der Waals surface area contributed by atoms with Gasteiger partial charge in [-0.15, -0.1) is 0 Å². The summed E-state index contributed by atoms with van der Waals surface area (Å²) in [6.45, 7) is 9.68. The van der Waals surface area contributed by atoms with Crippen molar-refractivity contribution < 1.29 is 91.3 Å². The molecule has 4 aliphatic rings. The largest absolute Gasteiger partial charge is 0.449 e. The maximum atomic E-state index is 14.2. The van der Waals surface area contributed by atoms with Gasteiger partial charge in [-0.3, -0.25) is 27.8 Å². The normalized spacial score (nSPS) is 16.4. The molecule has 0 aromatic heterocycles. The zero-order chi connectivity index (χ0) is 102. The fourth-order valence-corrected chi connectivity index (χ4v) is 31.0. The molecule has 2 fully saturated rings. The van der Waals surface area contributed by atoms with E-state index in [1.807, 2.05) is 270 Å². The Kier molecular flexibility index (Phi) is 34.6. The number of amides is 1. The van der Waals surface area contributed by atoms with Crippen LogP contribution >= 0.6 is 59.4 Å². The molecule has 0 bridgehead atoms. The van der Waals surface area contributed by atoms with Gasteiger partial charge in [-0.2, -0.15) is 0 Å². The molecule has 2 saturated heterocycles. The first-order valence-electron chi connectivity index (χ1n) is 47.2. The molecule has 1 amide bonds. The molecule has 4 aliphatic heterocycles. The summed E-state index contributed by atoms with van der Waals surface area (Å²) in [5.74, 6) is 1.04. The van der Waals surface area contributed by atoms with E-state index in [2.05, 4.69) is 37.2 Å². The van der Waals surface area contributed by atoms with Crippen LogP contribution in [0.25, 0.3) is 22.3 Å². The Balaban J connectivity index is 0.000000141. The monoisotopic (exact) mass is 2110 g/mol. The van der Waals surface area contributed by atoms with Crippen molar-refractivity contribution >= 4 is 137 Å². The third-order valence-electron chi connectivity index (χ3n) is 23.5. The number of Topliss-reactive ketones (excluding diaryl/α,β-unsaturated/α-hetero) is 1. The highest BCUT2D eigenvalue weighted by Crippen LogP contribution is 2.59. The van der Waals surface area contributed by atoms with Crippen LogP contribution in [0.2, 0.25) is 0 Å². The fourth-order valence-electron chi connectivity index (χ4n) is 15.7. The van der Waals surface area contributed by atoms with Crippen LogP contribution in [0, 0.1) is 10.8 Å². The van der Waals surface area contributed by atoms with Gasteiger partial charge < -0.3 is 91.6 Å². The van der Waals surface area contributed by atoms with E-state index in [0.29, 0.717) is 95.5 Å². The minimum atomic E-state index is -3.64. The maximum absolute atomic E-state index is 14.2. The zero-order valence-corrected chi connectivity index (χ0v) is 87.9. The number of rotatable bonds is 36. The van der Waals surface area contributed by atoms with Crippen molar-refractivity contribution in [2.24, 2.45) is 10.8 Å². The van der Waals surface area contributed by atoms with E-state index in [1.54, 1.807) is 170 Å². The maximum Gasteiger partial charge on any atom is 0.449 e. The van der Waals surface area contributed by atoms with Gasteiger partial charge in [0.2, 0.25) is 5.78 Å². The van der Waals surface area contributed by atoms with Gasteiger partial charge in [0.25, 0.3) is 20.6 Å². The SMILES string of the molecule is CC1(C)COP(=O)(CNc2ccc(NCP3(=O)OCC(C)(C)CO3)cc2)OC1.O=C(CCP1(=O)Oc2ccccc2-c2ccccc21)C(=O)NCP1(=O)Oc2ccccc2-c2ccccc21.O=P(CNc1ccc(NCP(=O)(Oc2ccccc2)Oc2ccccc2)cc1)(Oc1ccccc1)Oc1ccccc1.O=P(CNc1ccc(NCP(=O)(c2ccccc2)c2ccccc2)cc1)(c1ccccc1)c1ccccc1. The first-order valence-corrected chi connectivity index (χ1v) is 61.6. The van der Waals surface area contributed by atoms with Crippen LogP contribution in [-0.2, 0) is 64.2 Å². The van der Waals surface area contributed by atoms with Gasteiger partial charge in [0.1, 0.15) is 65.9 Å². The summed E-state index contributed by atoms with van der Waals surface area (Å²) in [7, 11) is -26.2. The average molecular weight is 2110 g/mol. The van der Waals surface area contributed by atoms with E-state index in [-0.39, 0.29) is 54.8 Å². The number of hydrogen-bond donors (Lipinski definition) is 7. The molecule has 15 aromatic carbocycles. The summed E-state index contributed by atoms with van der Waals surface area (Å²) in [6, 6.07) is 126. The lowest BCUT2D eigenvalue weighted by Crippen LogP contribution is -2.35. The first kappa shape index (κ1) is 106. The third kappa shape index (κ3) is 28.3. The van der Waals surface area contributed by atoms with E-state index in [1.165, 1.54) is 0 Å². The molecular weight excluding hydrogens is 2000 g/mol. The van der Waals surface area contributed by atoms with Gasteiger partial charge in [-0.05, 0) is 157 Å². The molecule has 35 heteroatoms. The summed E-state index contributed by atoms with van der Waals surface area (Å²) in [4.78, 5) is 25.5. The van der Waals surface area contributed by atoms with E-state index in [9.17, 15) is 46.1 Å². The Hall–Kier alpha value is -13.3. The van der Waals surface area contributed by atoms with Crippen LogP contribution in [-0.4, -0.2) is 88.3 Å². The standard InChI is InChI=1S/C32H30N2O6P2.C32H30N2O2P2.C29H23NO6P2.C18H30N2O6P2/c35-41(37-29-13-5-1-6-14-29,38-30-15-7-2-8-16-30)25-33-27-21-23-28(24-22-27)34-26-42(36,39-31-17-9-3-10-18-31)40-32-19-11-4-12-20-32;35-37(29-13-5-1-6-14-29,30-15-7-2-8-16-30)25-33-27-21-23-28(24-22-27)34-26-38(36,31-17-9-3-10-18-31)32-19-11-4-12-20-32;31-24(17-18-37(33)27-15-7-3-11-22(27)20-9-1-5-13-25(20)35-37)29(32)30-19-38(34)28-16-8-4-12-23(28)21-10-2-6-14-26(21)36-38;1-17(2)9-23-27(21,24-10-17)13-19-15-5-7-16(8-6-15)20-14-28(22)25-11-18(3,4)12-26-28/h1-24,33-34H,25-26H2;1-24,33-34H,25-26H2;1-16H,17-19H2,(H,30,32);5-8,19-20H,9-14H2,1-4H3. The van der Waals surface area contributed by atoms with E-state index < -0.39 is 71.1 Å². The predicted molar refractivity (Wildman–Crippen MR) is 587 cm³/mol. The molecule has 7 N–H and O–H groups in total. The molecule has 27 nitrogen and oxygen atoms in total. The van der Waals surface area contributed by atoms with Crippen molar-refractivity contribution in [3.8, 4) is 56.8 Å². The van der Waals surface area contributed by atoms with Crippen LogP contribution in [0.5, 0.6) is 34.5 Å². The van der Waals surface area contributed by atoms with Gasteiger partial charge in [-0.25, -0.2) is 9.13 Å². The fraction of sp³-hybridized carbons (Fsp3) is 0.171. The highest BCUT2D eigenvalue weighted by molar-refractivity contribution is 7.79. The number of anilines is 6. The molecule has 15 aromatic rings. The van der Waals surface area contributed by atoms with Crippen molar-refractivity contribution in [3.63, 3.8) is 0 Å². The molecule has 2 atom stereocenters. The number of ketones is 1. The molecule has 0 radical (unpaired) electrons. The molecule has 752 valence electrons. The quantitative estimate of drug-likeness (QED) is 0.0142. The van der Waals surface area contributed by atoms with Crippen molar-refractivity contribution in [2.45, 2.75) is 34.1 Å². The van der Waals surface area contributed by atoms with Gasteiger partial charge in [0.05, 0.1) is 49.6 Å². The number of nitrogens with one attached hydrogen (secondary N) is 7. The summed E-state index contributed by atoms with van der Waals surface area (Å²) in [6.07, 6.45) is -0.0588. The number of benzene rings is 15. The second-order valence-electron chi connectivity index (χ2n) is 36.2. The van der Waals surface area contributed by atoms with E-state index in [0.717, 1.165) is 66.2 Å². The van der Waals surface area contributed by atoms with Crippen molar-refractivity contribution in [1.29, 1.82) is 0 Å². The highest BCUT2D eigenvalue weighted by atomic mass is 31.2. The minimum Gasteiger partial charge on any atom is -0.439 e. The van der Waals surface area contributed by atoms with E-state index in [4.69, 9.17) is 45.2 Å². The first-order chi connectivity index (χ1) is 70.4. The Labute approximate surface area is 850 Å². The Morgan fingerprint density at radius 1 is 0.288 bits per heavy atom. The molecule has 0 saturated carbocycles. The lowest BCUT2D eigenvalue weighted by atomic mass is 9.97. The summed E-state index contributed by atoms with van der Waals surface area (Å²) >= 11 is 0. The lowest BCUT2D eigenvalue weighted by molar-refractivity contribution is -0.137. The van der Waals surface area contributed by atoms with Gasteiger partial charge >= 0.3 is 30.4 Å². The van der Waals surface area contributed by atoms with Crippen molar-refractivity contribution in [2.75, 3.05) is 108 Å². The third-order valence-corrected chi connectivity index (χ3v) is 40.1. The molecule has 2 unspecified atom stereocenters. The molecule has 0 spiro atoms. The molecule has 0 aliphatic carbocycles. The Bertz CT molecular complexity index is 6720. The van der Waals surface area contributed by atoms with Crippen molar-refractivity contribution in [3.05, 3.63) is 413 Å². The minimum absolute atomic E-state index is 0.0748. The average Bonchev–Trinajstić information content (AvgIpc) is 0.750. The summed E-state index contributed by atoms with van der Waals surface area (Å²) in [5, 5.41) is 26.1. The summed E-state index contributed by atoms with van der Waals surface area (Å²) < 4.78 is 166. The molecule has 146 heavy (non-hydrogen) atoms. The molecule has 4 heterocycles. The number of carbonyl (C=O) groups is 2. The Morgan fingerprint density at radius 3 is 0.842 bits per heavy atom. The van der Waals surface area contributed by atoms with Crippen LogP contribution in [0.4, 0.5) is 34.1 Å². The van der Waals surface area contributed by atoms with Gasteiger partial charge in [0.15, 0.2) is 14.3 Å². The topological polar surface area (TPSA) is 347 Å². The van der Waals surface area contributed by atoms with Crippen LogP contribution in [0.15, 0.2) is 413 Å². The van der Waals surface area contributed by atoms with Gasteiger partial charge in [0, 0.05) is 89.9 Å². The Morgan fingerprint density at radius 2 is 0.534 bits per heavy atom. The van der Waals surface area contributed by atoms with Crippen LogP contribution in [0.1, 0.15) is 34.1 Å². The predicted octanol–water partition coefficient (Wildman–Crippen LogP) is 25.9. The highest BCUT2D eigenvalue weighted by Gasteiger charge is 2.42. The van der Waals surface area contributed by atoms with Crippen molar-refractivity contribution in [1.82, 2.24) is 5.32 Å². The second kappa shape index (κ2) is 47.9. The molecule has 19 rings (SSSR count). The zero-order valence-electron chi connectivity index (χ0n) is 80.7. The van der Waals surface area contributed by atoms with Crippen LogP contribution < -0.4 is 96.2 Å². The summed E-state index contributed by atoms with van der Waals surface area (Å²) in [5.41, 5.74) is 7.67. The van der Waals surface area contributed by atoms with Gasteiger partial charge in [-0.1, -0.05) is 295 Å². The van der Waals surface area contributed by atoms with Crippen LogP contribution in [0.3, 0.4) is 0 Å².